The highest BCUT2D eigenvalue weighted by Crippen LogP contribution is 2.38. The summed E-state index contributed by atoms with van der Waals surface area (Å²) in [6.45, 7) is 6.09. The first-order valence-corrected chi connectivity index (χ1v) is 9.78. The van der Waals surface area contributed by atoms with Crippen molar-refractivity contribution in [1.29, 1.82) is 0 Å². The molecule has 0 saturated carbocycles. The third-order valence-corrected chi connectivity index (χ3v) is 5.52. The third-order valence-electron chi connectivity index (χ3n) is 5.52. The number of hydrogen-bond donors (Lipinski definition) is 2. The lowest BCUT2D eigenvalue weighted by atomic mass is 9.98. The Labute approximate surface area is 173 Å². The van der Waals surface area contributed by atoms with Crippen molar-refractivity contribution < 1.29 is 4.79 Å². The van der Waals surface area contributed by atoms with Gasteiger partial charge in [0.1, 0.15) is 23.5 Å². The van der Waals surface area contributed by atoms with Gasteiger partial charge in [-0.15, -0.1) is 0 Å². The van der Waals surface area contributed by atoms with Crippen molar-refractivity contribution in [3.63, 3.8) is 0 Å². The van der Waals surface area contributed by atoms with Crippen LogP contribution in [0.1, 0.15) is 42.7 Å². The van der Waals surface area contributed by atoms with Gasteiger partial charge in [-0.2, -0.15) is 5.10 Å². The van der Waals surface area contributed by atoms with Gasteiger partial charge in [0.15, 0.2) is 5.65 Å². The molecule has 0 spiro atoms. The Balaban J connectivity index is 1.68. The molecule has 1 atom stereocenters. The Morgan fingerprint density at radius 2 is 1.90 bits per heavy atom. The molecule has 0 fully saturated rings. The molecule has 5 rings (SSSR count). The Morgan fingerprint density at radius 3 is 2.70 bits per heavy atom. The summed E-state index contributed by atoms with van der Waals surface area (Å²) >= 11 is 0. The zero-order valence-electron chi connectivity index (χ0n) is 16.9. The summed E-state index contributed by atoms with van der Waals surface area (Å²) in [6.07, 6.45) is 3.18. The number of fused-ring (bicyclic) bond motifs is 2. The first-order chi connectivity index (χ1) is 14.5. The number of aromatic amines is 1. The summed E-state index contributed by atoms with van der Waals surface area (Å²) < 4.78 is 0. The molecule has 150 valence electrons. The minimum absolute atomic E-state index is 0.0115. The molecule has 2 N–H and O–H groups in total. The molecule has 4 heterocycles. The average Bonchev–Trinajstić information content (AvgIpc) is 3.17. The largest absolute Gasteiger partial charge is 0.330 e. The van der Waals surface area contributed by atoms with E-state index in [0.29, 0.717) is 28.4 Å². The van der Waals surface area contributed by atoms with Crippen LogP contribution in [0.3, 0.4) is 0 Å². The number of amides is 1. The van der Waals surface area contributed by atoms with Crippen LogP contribution in [0, 0.1) is 0 Å². The van der Waals surface area contributed by atoms with Crippen molar-refractivity contribution in [3.05, 3.63) is 66.1 Å². The molecular formula is C22H21N7O. The highest BCUT2D eigenvalue weighted by Gasteiger charge is 2.40. The van der Waals surface area contributed by atoms with Crippen LogP contribution < -0.4 is 10.2 Å². The topological polar surface area (TPSA) is 99.7 Å². The van der Waals surface area contributed by atoms with Crippen LogP contribution in [0.5, 0.6) is 0 Å². The van der Waals surface area contributed by atoms with Crippen LogP contribution in [-0.2, 0) is 0 Å². The number of pyridine rings is 1. The fourth-order valence-electron chi connectivity index (χ4n) is 4.12. The van der Waals surface area contributed by atoms with Gasteiger partial charge in [0.2, 0.25) is 0 Å². The normalized spacial score (nSPS) is 16.2. The van der Waals surface area contributed by atoms with Crippen LogP contribution in [0.2, 0.25) is 0 Å². The van der Waals surface area contributed by atoms with E-state index in [1.54, 1.807) is 12.3 Å². The zero-order valence-corrected chi connectivity index (χ0v) is 16.9. The number of hydrogen-bond acceptors (Lipinski definition) is 6. The zero-order chi connectivity index (χ0) is 20.9. The Bertz CT molecular complexity index is 1250. The highest BCUT2D eigenvalue weighted by atomic mass is 16.2. The molecule has 0 bridgehead atoms. The maximum Gasteiger partial charge on any atom is 0.256 e. The SMILES string of the molecule is C[C@H](c1ccccc1)N1c2nc(-c3n[nH]c4ncncc34)ccc2C(=O)NC1(C)C. The number of H-pyrrole nitrogens is 1. The highest BCUT2D eigenvalue weighted by molar-refractivity contribution is 6.02. The molecule has 1 amide bonds. The van der Waals surface area contributed by atoms with Crippen molar-refractivity contribution in [2.75, 3.05) is 4.90 Å². The van der Waals surface area contributed by atoms with E-state index >= 15 is 0 Å². The van der Waals surface area contributed by atoms with Gasteiger partial charge in [0, 0.05) is 6.20 Å². The smallest absolute Gasteiger partial charge is 0.256 e. The summed E-state index contributed by atoms with van der Waals surface area (Å²) in [5, 5.41) is 11.2. The fraction of sp³-hybridized carbons (Fsp3) is 0.227. The molecule has 0 radical (unpaired) electrons. The second-order valence-corrected chi connectivity index (χ2v) is 7.89. The van der Waals surface area contributed by atoms with Crippen LogP contribution in [0.25, 0.3) is 22.4 Å². The maximum atomic E-state index is 12.8. The van der Waals surface area contributed by atoms with Gasteiger partial charge in [0.05, 0.1) is 22.7 Å². The van der Waals surface area contributed by atoms with Gasteiger partial charge >= 0.3 is 0 Å². The molecule has 30 heavy (non-hydrogen) atoms. The number of carbonyl (C=O) groups excluding carboxylic acids is 1. The van der Waals surface area contributed by atoms with Gasteiger partial charge in [0.25, 0.3) is 5.91 Å². The Morgan fingerprint density at radius 1 is 1.10 bits per heavy atom. The predicted molar refractivity (Wildman–Crippen MR) is 114 cm³/mol. The summed E-state index contributed by atoms with van der Waals surface area (Å²) in [7, 11) is 0. The van der Waals surface area contributed by atoms with Crippen molar-refractivity contribution in [2.24, 2.45) is 0 Å². The molecular weight excluding hydrogens is 378 g/mol. The molecule has 8 heteroatoms. The van der Waals surface area contributed by atoms with Crippen LogP contribution in [-0.4, -0.2) is 36.7 Å². The predicted octanol–water partition coefficient (Wildman–Crippen LogP) is 3.46. The quantitative estimate of drug-likeness (QED) is 0.547. The molecule has 8 nitrogen and oxygen atoms in total. The molecule has 0 unspecified atom stereocenters. The Kier molecular flexibility index (Phi) is 4.02. The van der Waals surface area contributed by atoms with Crippen molar-refractivity contribution in [2.45, 2.75) is 32.5 Å². The van der Waals surface area contributed by atoms with Gasteiger partial charge in [-0.25, -0.2) is 15.0 Å². The molecule has 4 aromatic rings. The first kappa shape index (κ1) is 18.2. The minimum atomic E-state index is -0.623. The van der Waals surface area contributed by atoms with Gasteiger partial charge in [-0.05, 0) is 38.5 Å². The van der Waals surface area contributed by atoms with E-state index in [1.807, 2.05) is 38.1 Å². The first-order valence-electron chi connectivity index (χ1n) is 9.78. The van der Waals surface area contributed by atoms with E-state index in [1.165, 1.54) is 6.33 Å². The number of carbonyl (C=O) groups is 1. The maximum absolute atomic E-state index is 12.8. The standard InChI is InChI=1S/C22H21N7O/c1-13(14-7-5-4-6-8-14)29-20-15(21(30)26-22(29,2)3)9-10-17(25-20)18-16-11-23-12-24-19(16)28-27-18/h4-13H,1-3H3,(H,26,30)(H,23,24,27,28)/t13-/m1/s1. The van der Waals surface area contributed by atoms with Crippen LogP contribution in [0.15, 0.2) is 55.0 Å². The number of nitrogens with one attached hydrogen (secondary N) is 2. The second-order valence-electron chi connectivity index (χ2n) is 7.89. The Hall–Kier alpha value is -3.81. The fourth-order valence-corrected chi connectivity index (χ4v) is 4.12. The molecule has 0 saturated heterocycles. The lowest BCUT2D eigenvalue weighted by Gasteiger charge is -2.47. The number of nitrogens with zero attached hydrogens (tertiary/aromatic N) is 5. The van der Waals surface area contributed by atoms with Crippen molar-refractivity contribution in [3.8, 4) is 11.4 Å². The van der Waals surface area contributed by atoms with E-state index in [9.17, 15) is 4.79 Å². The van der Waals surface area contributed by atoms with Crippen LogP contribution >= 0.6 is 0 Å². The third kappa shape index (κ3) is 2.80. The lowest BCUT2D eigenvalue weighted by Crippen LogP contribution is -2.61. The van der Waals surface area contributed by atoms with E-state index < -0.39 is 5.66 Å². The molecule has 0 aliphatic carbocycles. The summed E-state index contributed by atoms with van der Waals surface area (Å²) in [5.74, 6) is 0.492. The number of anilines is 1. The molecule has 1 aliphatic rings. The average molecular weight is 399 g/mol. The van der Waals surface area contributed by atoms with E-state index in [0.717, 1.165) is 10.9 Å². The monoisotopic (exact) mass is 399 g/mol. The summed E-state index contributed by atoms with van der Waals surface area (Å²) in [4.78, 5) is 28.2. The van der Waals surface area contributed by atoms with Crippen molar-refractivity contribution >= 4 is 22.8 Å². The van der Waals surface area contributed by atoms with E-state index in [4.69, 9.17) is 4.98 Å². The van der Waals surface area contributed by atoms with Crippen LogP contribution in [0.4, 0.5) is 5.82 Å². The number of rotatable bonds is 3. The summed E-state index contributed by atoms with van der Waals surface area (Å²) in [5.41, 5.74) is 3.01. The lowest BCUT2D eigenvalue weighted by molar-refractivity contribution is 0.0892. The molecule has 1 aliphatic heterocycles. The molecule has 1 aromatic carbocycles. The van der Waals surface area contributed by atoms with Gasteiger partial charge in [-0.1, -0.05) is 30.3 Å². The van der Waals surface area contributed by atoms with Gasteiger partial charge in [-0.3, -0.25) is 9.89 Å². The van der Waals surface area contributed by atoms with E-state index in [-0.39, 0.29) is 11.9 Å². The minimum Gasteiger partial charge on any atom is -0.330 e. The van der Waals surface area contributed by atoms with Crippen molar-refractivity contribution in [1.82, 2.24) is 30.5 Å². The van der Waals surface area contributed by atoms with E-state index in [2.05, 4.69) is 49.4 Å². The van der Waals surface area contributed by atoms with Gasteiger partial charge < -0.3 is 10.2 Å². The summed E-state index contributed by atoms with van der Waals surface area (Å²) in [6, 6.07) is 13.8. The molecule has 3 aromatic heterocycles. The second kappa shape index (κ2) is 6.62. The number of aromatic nitrogens is 5. The number of benzene rings is 1.